The molecule has 0 radical (unpaired) electrons. The molecule has 1 aromatic carbocycles. The molecule has 0 aliphatic carbocycles. The molecule has 3 nitrogen and oxygen atoms in total. The molecular weight excluding hydrogens is 166 g/mol. The Balaban J connectivity index is 3.08. The summed E-state index contributed by atoms with van der Waals surface area (Å²) >= 11 is 0. The van der Waals surface area contributed by atoms with Gasteiger partial charge in [-0.15, -0.1) is 0 Å². The van der Waals surface area contributed by atoms with Gasteiger partial charge in [0, 0.05) is 10.5 Å². The third-order valence-electron chi connectivity index (χ3n) is 2.25. The second-order valence-electron chi connectivity index (χ2n) is 3.35. The quantitative estimate of drug-likeness (QED) is 0.516. The first kappa shape index (κ1) is 9.71. The molecule has 0 bridgehead atoms. The van der Waals surface area contributed by atoms with Crippen LogP contribution in [0.25, 0.3) is 0 Å². The van der Waals surface area contributed by atoms with Gasteiger partial charge in [-0.3, -0.25) is 10.1 Å². The molecule has 0 fully saturated rings. The third-order valence-corrected chi connectivity index (χ3v) is 2.25. The van der Waals surface area contributed by atoms with Crippen LogP contribution in [0.15, 0.2) is 12.1 Å². The van der Waals surface area contributed by atoms with Gasteiger partial charge in [0.05, 0.1) is 0 Å². The number of nitro groups is 1. The van der Waals surface area contributed by atoms with E-state index < -0.39 is 0 Å². The van der Waals surface area contributed by atoms with E-state index in [1.54, 1.807) is 0 Å². The monoisotopic (exact) mass is 179 g/mol. The third kappa shape index (κ3) is 2.28. The van der Waals surface area contributed by atoms with Crippen LogP contribution in [-0.4, -0.2) is 4.92 Å². The van der Waals surface area contributed by atoms with E-state index in [4.69, 9.17) is 0 Å². The lowest BCUT2D eigenvalue weighted by molar-refractivity contribution is -0.496. The molecule has 0 aromatic heterocycles. The highest BCUT2D eigenvalue weighted by atomic mass is 16.6. The molecule has 0 saturated carbocycles. The van der Waals surface area contributed by atoms with Crippen LogP contribution in [0, 0.1) is 30.9 Å². The van der Waals surface area contributed by atoms with Crippen molar-refractivity contribution < 1.29 is 4.92 Å². The zero-order valence-corrected chi connectivity index (χ0v) is 8.13. The lowest BCUT2D eigenvalue weighted by atomic mass is 10.0. The lowest BCUT2D eigenvalue weighted by Crippen LogP contribution is -2.01. The van der Waals surface area contributed by atoms with Crippen LogP contribution < -0.4 is 0 Å². The molecule has 0 atom stereocenters. The van der Waals surface area contributed by atoms with Crippen molar-refractivity contribution >= 4 is 0 Å². The smallest absolute Gasteiger partial charge is 0.229 e. The lowest BCUT2D eigenvalue weighted by Gasteiger charge is -2.05. The molecule has 1 aromatic rings. The van der Waals surface area contributed by atoms with Gasteiger partial charge >= 0.3 is 0 Å². The van der Waals surface area contributed by atoms with Crippen LogP contribution in [0.3, 0.4) is 0 Å². The average molecular weight is 179 g/mol. The summed E-state index contributed by atoms with van der Waals surface area (Å²) in [6.07, 6.45) is 0. The number of hydrogen-bond acceptors (Lipinski definition) is 2. The standard InChI is InChI=1S/C10H13NO2/c1-7-4-9(3)10(5-8(7)2)6-11(12)13/h4-5H,6H2,1-3H3. The summed E-state index contributed by atoms with van der Waals surface area (Å²) in [6.45, 7) is 5.81. The average Bonchev–Trinajstić information content (AvgIpc) is 1.99. The van der Waals surface area contributed by atoms with Gasteiger partial charge in [-0.2, -0.15) is 0 Å². The summed E-state index contributed by atoms with van der Waals surface area (Å²) in [5.74, 6) is 0. The van der Waals surface area contributed by atoms with Crippen molar-refractivity contribution in [1.82, 2.24) is 0 Å². The minimum atomic E-state index is -0.295. The molecular formula is C10H13NO2. The summed E-state index contributed by atoms with van der Waals surface area (Å²) in [5, 5.41) is 10.3. The molecule has 0 amide bonds. The first-order chi connectivity index (χ1) is 6.00. The molecule has 0 aliphatic heterocycles. The Morgan fingerprint density at radius 3 is 2.23 bits per heavy atom. The summed E-state index contributed by atoms with van der Waals surface area (Å²) in [4.78, 5) is 10.0. The highest BCUT2D eigenvalue weighted by molar-refractivity contribution is 5.35. The zero-order chi connectivity index (χ0) is 10.0. The molecule has 13 heavy (non-hydrogen) atoms. The van der Waals surface area contributed by atoms with Crippen molar-refractivity contribution in [2.75, 3.05) is 0 Å². The minimum Gasteiger partial charge on any atom is -0.264 e. The molecule has 0 spiro atoms. The number of rotatable bonds is 2. The largest absolute Gasteiger partial charge is 0.264 e. The van der Waals surface area contributed by atoms with Crippen LogP contribution in [-0.2, 0) is 6.54 Å². The molecule has 0 saturated heterocycles. The van der Waals surface area contributed by atoms with Crippen LogP contribution >= 0.6 is 0 Å². The van der Waals surface area contributed by atoms with E-state index in [9.17, 15) is 10.1 Å². The predicted molar refractivity (Wildman–Crippen MR) is 51.4 cm³/mol. The van der Waals surface area contributed by atoms with Gasteiger partial charge in [-0.25, -0.2) is 0 Å². The molecule has 0 heterocycles. The summed E-state index contributed by atoms with van der Waals surface area (Å²) in [6, 6.07) is 3.89. The molecule has 70 valence electrons. The minimum absolute atomic E-state index is 0.0764. The maximum absolute atomic E-state index is 10.3. The molecule has 3 heteroatoms. The fraction of sp³-hybridized carbons (Fsp3) is 0.400. The molecule has 0 aliphatic rings. The maximum atomic E-state index is 10.3. The number of hydrogen-bond donors (Lipinski definition) is 0. The SMILES string of the molecule is Cc1cc(C)c(C[N+](=O)[O-])cc1C. The highest BCUT2D eigenvalue weighted by Crippen LogP contribution is 2.15. The van der Waals surface area contributed by atoms with Crippen molar-refractivity contribution in [3.63, 3.8) is 0 Å². The van der Waals surface area contributed by atoms with E-state index >= 15 is 0 Å². The van der Waals surface area contributed by atoms with Crippen LogP contribution in [0.4, 0.5) is 0 Å². The van der Waals surface area contributed by atoms with Gasteiger partial charge in [0.1, 0.15) is 0 Å². The fourth-order valence-corrected chi connectivity index (χ4v) is 1.33. The van der Waals surface area contributed by atoms with Crippen molar-refractivity contribution in [3.8, 4) is 0 Å². The Hall–Kier alpha value is -1.38. The Bertz CT molecular complexity index is 345. The first-order valence-electron chi connectivity index (χ1n) is 4.19. The predicted octanol–water partition coefficient (Wildman–Crippen LogP) is 2.39. The van der Waals surface area contributed by atoms with E-state index in [0.29, 0.717) is 0 Å². The van der Waals surface area contributed by atoms with E-state index in [2.05, 4.69) is 0 Å². The van der Waals surface area contributed by atoms with E-state index in [1.807, 2.05) is 32.9 Å². The summed E-state index contributed by atoms with van der Waals surface area (Å²) in [7, 11) is 0. The Morgan fingerprint density at radius 2 is 1.69 bits per heavy atom. The van der Waals surface area contributed by atoms with Gasteiger partial charge in [0.2, 0.25) is 6.54 Å². The van der Waals surface area contributed by atoms with Crippen LogP contribution in [0.5, 0.6) is 0 Å². The van der Waals surface area contributed by atoms with Gasteiger partial charge < -0.3 is 0 Å². The van der Waals surface area contributed by atoms with Crippen molar-refractivity contribution in [3.05, 3.63) is 44.5 Å². The number of aryl methyl sites for hydroxylation is 3. The second kappa shape index (κ2) is 3.56. The number of benzene rings is 1. The van der Waals surface area contributed by atoms with Crippen molar-refractivity contribution in [1.29, 1.82) is 0 Å². The van der Waals surface area contributed by atoms with Crippen molar-refractivity contribution in [2.45, 2.75) is 27.3 Å². The number of nitrogens with zero attached hydrogens (tertiary/aromatic N) is 1. The Morgan fingerprint density at radius 1 is 1.15 bits per heavy atom. The van der Waals surface area contributed by atoms with Gasteiger partial charge in [0.25, 0.3) is 0 Å². The molecule has 0 unspecified atom stereocenters. The Kier molecular flexibility index (Phi) is 2.66. The Labute approximate surface area is 77.5 Å². The van der Waals surface area contributed by atoms with Gasteiger partial charge in [0.15, 0.2) is 0 Å². The fourth-order valence-electron chi connectivity index (χ4n) is 1.33. The van der Waals surface area contributed by atoms with E-state index in [0.717, 1.165) is 16.7 Å². The van der Waals surface area contributed by atoms with E-state index in [1.165, 1.54) is 5.56 Å². The summed E-state index contributed by atoms with van der Waals surface area (Å²) in [5.41, 5.74) is 4.11. The van der Waals surface area contributed by atoms with Crippen molar-refractivity contribution in [2.24, 2.45) is 0 Å². The normalized spacial score (nSPS) is 10.1. The van der Waals surface area contributed by atoms with Gasteiger partial charge in [-0.1, -0.05) is 6.07 Å². The molecule has 0 N–H and O–H groups in total. The zero-order valence-electron chi connectivity index (χ0n) is 8.13. The highest BCUT2D eigenvalue weighted by Gasteiger charge is 2.06. The van der Waals surface area contributed by atoms with Crippen LogP contribution in [0.1, 0.15) is 22.3 Å². The second-order valence-corrected chi connectivity index (χ2v) is 3.35. The molecule has 1 rings (SSSR count). The maximum Gasteiger partial charge on any atom is 0.229 e. The van der Waals surface area contributed by atoms with Gasteiger partial charge in [-0.05, 0) is 43.5 Å². The first-order valence-corrected chi connectivity index (χ1v) is 4.19. The summed E-state index contributed by atoms with van der Waals surface area (Å²) < 4.78 is 0. The topological polar surface area (TPSA) is 43.1 Å². The van der Waals surface area contributed by atoms with Crippen LogP contribution in [0.2, 0.25) is 0 Å². The van der Waals surface area contributed by atoms with E-state index in [-0.39, 0.29) is 11.5 Å².